The number of hydrogen-bond acceptors (Lipinski definition) is 5. The van der Waals surface area contributed by atoms with Gasteiger partial charge in [-0.2, -0.15) is 0 Å². The Labute approximate surface area is 129 Å². The Morgan fingerprint density at radius 2 is 1.68 bits per heavy atom. The van der Waals surface area contributed by atoms with Crippen LogP contribution in [0.15, 0.2) is 24.3 Å². The normalized spacial score (nSPS) is 10.2. The Kier molecular flexibility index (Phi) is 8.62. The fourth-order valence-electron chi connectivity index (χ4n) is 1.29. The number of aliphatic carboxylic acids is 2. The molecule has 0 fully saturated rings. The second-order valence-corrected chi connectivity index (χ2v) is 5.31. The van der Waals surface area contributed by atoms with Crippen molar-refractivity contribution in [2.24, 2.45) is 0 Å². The molecule has 0 bridgehead atoms. The highest BCUT2D eigenvalue weighted by molar-refractivity contribution is 6.27. The molecule has 0 heterocycles. The van der Waals surface area contributed by atoms with Crippen molar-refractivity contribution in [3.63, 3.8) is 0 Å². The molecule has 0 aliphatic heterocycles. The molecule has 7 nitrogen and oxygen atoms in total. The SMILES string of the molecule is COc1cccc(OCCNC(C)(C)C)c1.O=C(O)C(=O)O. The molecule has 0 radical (unpaired) electrons. The van der Waals surface area contributed by atoms with Gasteiger partial charge in [-0.15, -0.1) is 0 Å². The summed E-state index contributed by atoms with van der Waals surface area (Å²) in [6.07, 6.45) is 0. The molecule has 0 spiro atoms. The van der Waals surface area contributed by atoms with Crippen molar-refractivity contribution in [1.29, 1.82) is 0 Å². The maximum Gasteiger partial charge on any atom is 0.414 e. The third-order valence-corrected chi connectivity index (χ3v) is 2.25. The van der Waals surface area contributed by atoms with Gasteiger partial charge in [0, 0.05) is 18.2 Å². The van der Waals surface area contributed by atoms with E-state index in [1.54, 1.807) is 7.11 Å². The van der Waals surface area contributed by atoms with Gasteiger partial charge in [-0.05, 0) is 32.9 Å². The highest BCUT2D eigenvalue weighted by Crippen LogP contribution is 2.18. The number of carboxylic acids is 2. The molecule has 1 rings (SSSR count). The molecule has 0 saturated carbocycles. The fraction of sp³-hybridized carbons (Fsp3) is 0.467. The van der Waals surface area contributed by atoms with E-state index in [2.05, 4.69) is 26.1 Å². The maximum atomic E-state index is 9.10. The van der Waals surface area contributed by atoms with Crippen LogP contribution in [0.25, 0.3) is 0 Å². The lowest BCUT2D eigenvalue weighted by Gasteiger charge is -2.20. The third-order valence-electron chi connectivity index (χ3n) is 2.25. The molecular formula is C15H23NO6. The average Bonchev–Trinajstić information content (AvgIpc) is 2.43. The van der Waals surface area contributed by atoms with Crippen LogP contribution in [0.2, 0.25) is 0 Å². The van der Waals surface area contributed by atoms with E-state index in [9.17, 15) is 0 Å². The first-order valence-electron chi connectivity index (χ1n) is 6.64. The van der Waals surface area contributed by atoms with Crippen molar-refractivity contribution in [3.05, 3.63) is 24.3 Å². The summed E-state index contributed by atoms with van der Waals surface area (Å²) in [7, 11) is 1.65. The lowest BCUT2D eigenvalue weighted by Crippen LogP contribution is -2.38. The fourth-order valence-corrected chi connectivity index (χ4v) is 1.29. The minimum Gasteiger partial charge on any atom is -0.497 e. The molecule has 0 atom stereocenters. The molecule has 0 aromatic heterocycles. The molecule has 0 saturated heterocycles. The van der Waals surface area contributed by atoms with Gasteiger partial charge in [0.15, 0.2) is 0 Å². The lowest BCUT2D eigenvalue weighted by molar-refractivity contribution is -0.159. The van der Waals surface area contributed by atoms with Crippen molar-refractivity contribution in [3.8, 4) is 11.5 Å². The molecule has 0 amide bonds. The van der Waals surface area contributed by atoms with E-state index in [-0.39, 0.29) is 5.54 Å². The zero-order chi connectivity index (χ0) is 17.2. The predicted octanol–water partition coefficient (Wildman–Crippen LogP) is 1.62. The first-order valence-corrected chi connectivity index (χ1v) is 6.64. The second-order valence-electron chi connectivity index (χ2n) is 5.31. The molecule has 7 heteroatoms. The zero-order valence-electron chi connectivity index (χ0n) is 13.3. The summed E-state index contributed by atoms with van der Waals surface area (Å²) in [5, 5.41) is 18.1. The molecule has 0 aliphatic rings. The van der Waals surface area contributed by atoms with Crippen LogP contribution in [-0.4, -0.2) is 48.0 Å². The van der Waals surface area contributed by atoms with Gasteiger partial charge in [0.2, 0.25) is 0 Å². The minimum atomic E-state index is -1.82. The molecule has 0 unspecified atom stereocenters. The third kappa shape index (κ3) is 10.5. The number of rotatable bonds is 5. The highest BCUT2D eigenvalue weighted by atomic mass is 16.5. The Morgan fingerprint density at radius 1 is 1.14 bits per heavy atom. The second kappa shape index (κ2) is 9.62. The Morgan fingerprint density at radius 3 is 2.14 bits per heavy atom. The Bertz CT molecular complexity index is 469. The summed E-state index contributed by atoms with van der Waals surface area (Å²) >= 11 is 0. The van der Waals surface area contributed by atoms with Crippen LogP contribution in [0, 0.1) is 0 Å². The monoisotopic (exact) mass is 313 g/mol. The number of methoxy groups -OCH3 is 1. The number of carboxylic acid groups (broad SMARTS) is 2. The van der Waals surface area contributed by atoms with Crippen LogP contribution in [0.4, 0.5) is 0 Å². The van der Waals surface area contributed by atoms with Crippen LogP contribution in [0.5, 0.6) is 11.5 Å². The van der Waals surface area contributed by atoms with Crippen LogP contribution in [0.1, 0.15) is 20.8 Å². The van der Waals surface area contributed by atoms with Gasteiger partial charge >= 0.3 is 11.9 Å². The molecule has 3 N–H and O–H groups in total. The van der Waals surface area contributed by atoms with Crippen molar-refractivity contribution in [2.45, 2.75) is 26.3 Å². The van der Waals surface area contributed by atoms with E-state index in [0.29, 0.717) is 6.61 Å². The van der Waals surface area contributed by atoms with Gasteiger partial charge in [0.1, 0.15) is 18.1 Å². The van der Waals surface area contributed by atoms with E-state index in [1.807, 2.05) is 24.3 Å². The number of nitrogens with one attached hydrogen (secondary N) is 1. The summed E-state index contributed by atoms with van der Waals surface area (Å²) in [4.78, 5) is 18.2. The topological polar surface area (TPSA) is 105 Å². The standard InChI is InChI=1S/C13H21NO2.C2H2O4/c1-13(2,3)14-8-9-16-12-7-5-6-11(10-12)15-4;3-1(4)2(5)6/h5-7,10,14H,8-9H2,1-4H3;(H,3,4)(H,5,6). The predicted molar refractivity (Wildman–Crippen MR) is 81.5 cm³/mol. The highest BCUT2D eigenvalue weighted by Gasteiger charge is 2.07. The van der Waals surface area contributed by atoms with Gasteiger partial charge < -0.3 is 25.0 Å². The van der Waals surface area contributed by atoms with E-state index < -0.39 is 11.9 Å². The van der Waals surface area contributed by atoms with Gasteiger partial charge in [-0.3, -0.25) is 0 Å². The van der Waals surface area contributed by atoms with Crippen molar-refractivity contribution < 1.29 is 29.3 Å². The summed E-state index contributed by atoms with van der Waals surface area (Å²) in [6, 6.07) is 7.64. The van der Waals surface area contributed by atoms with Crippen molar-refractivity contribution in [2.75, 3.05) is 20.3 Å². The largest absolute Gasteiger partial charge is 0.497 e. The first kappa shape index (κ1) is 19.7. The summed E-state index contributed by atoms with van der Waals surface area (Å²) < 4.78 is 10.7. The molecular weight excluding hydrogens is 290 g/mol. The maximum absolute atomic E-state index is 9.10. The summed E-state index contributed by atoms with van der Waals surface area (Å²) in [6.45, 7) is 7.90. The molecule has 1 aromatic rings. The zero-order valence-corrected chi connectivity index (χ0v) is 13.3. The molecule has 1 aromatic carbocycles. The number of hydrogen-bond donors (Lipinski definition) is 3. The van der Waals surface area contributed by atoms with Gasteiger partial charge in [0.05, 0.1) is 7.11 Å². The quantitative estimate of drug-likeness (QED) is 0.560. The molecule has 0 aliphatic carbocycles. The summed E-state index contributed by atoms with van der Waals surface area (Å²) in [5.41, 5.74) is 0.137. The van der Waals surface area contributed by atoms with E-state index >= 15 is 0 Å². The lowest BCUT2D eigenvalue weighted by atomic mass is 10.1. The minimum absolute atomic E-state index is 0.137. The van der Waals surface area contributed by atoms with Crippen LogP contribution >= 0.6 is 0 Å². The van der Waals surface area contributed by atoms with E-state index in [1.165, 1.54) is 0 Å². The van der Waals surface area contributed by atoms with Gasteiger partial charge in [0.25, 0.3) is 0 Å². The van der Waals surface area contributed by atoms with E-state index in [4.69, 9.17) is 29.3 Å². The first-order chi connectivity index (χ1) is 10.2. The number of carbonyl (C=O) groups is 2. The average molecular weight is 313 g/mol. The Balaban J connectivity index is 0.000000626. The molecule has 124 valence electrons. The van der Waals surface area contributed by atoms with Crippen molar-refractivity contribution >= 4 is 11.9 Å². The smallest absolute Gasteiger partial charge is 0.414 e. The van der Waals surface area contributed by atoms with Gasteiger partial charge in [-0.25, -0.2) is 9.59 Å². The Hall–Kier alpha value is -2.28. The van der Waals surface area contributed by atoms with Crippen LogP contribution < -0.4 is 14.8 Å². The summed E-state index contributed by atoms with van der Waals surface area (Å²) in [5.74, 6) is -1.98. The number of benzene rings is 1. The number of ether oxygens (including phenoxy) is 2. The van der Waals surface area contributed by atoms with Gasteiger partial charge in [-0.1, -0.05) is 6.07 Å². The van der Waals surface area contributed by atoms with E-state index in [0.717, 1.165) is 18.0 Å². The van der Waals surface area contributed by atoms with Crippen molar-refractivity contribution in [1.82, 2.24) is 5.32 Å². The van der Waals surface area contributed by atoms with Crippen LogP contribution in [-0.2, 0) is 9.59 Å². The molecule has 22 heavy (non-hydrogen) atoms. The van der Waals surface area contributed by atoms with Crippen LogP contribution in [0.3, 0.4) is 0 Å².